The molecule has 21 heavy (non-hydrogen) atoms. The highest BCUT2D eigenvalue weighted by atomic mass is 16.5. The average Bonchev–Trinajstić information content (AvgIpc) is 3.14. The van der Waals surface area contributed by atoms with Crippen molar-refractivity contribution in [1.29, 1.82) is 0 Å². The minimum atomic E-state index is -0.417. The molecule has 108 valence electrons. The summed E-state index contributed by atoms with van der Waals surface area (Å²) in [6.07, 6.45) is 4.89. The number of aryl methyl sites for hydroxylation is 1. The minimum absolute atomic E-state index is 0.0368. The Morgan fingerprint density at radius 2 is 2.14 bits per heavy atom. The molecule has 0 unspecified atom stereocenters. The smallest absolute Gasteiger partial charge is 0.261 e. The van der Waals surface area contributed by atoms with E-state index in [-0.39, 0.29) is 11.9 Å². The summed E-state index contributed by atoms with van der Waals surface area (Å²) in [6.45, 7) is 0. The van der Waals surface area contributed by atoms with Gasteiger partial charge in [0.15, 0.2) is 6.10 Å². The van der Waals surface area contributed by atoms with Crippen molar-refractivity contribution in [3.05, 3.63) is 53.5 Å². The molecule has 1 aromatic heterocycles. The lowest BCUT2D eigenvalue weighted by Crippen LogP contribution is -2.40. The maximum absolute atomic E-state index is 12.4. The van der Waals surface area contributed by atoms with Crippen molar-refractivity contribution in [2.45, 2.75) is 37.8 Å². The molecule has 2 aromatic rings. The monoisotopic (exact) mass is 283 g/mol. The molecule has 1 aliphatic carbocycles. The zero-order valence-corrected chi connectivity index (χ0v) is 11.7. The number of para-hydroxylation sites is 1. The van der Waals surface area contributed by atoms with Crippen molar-refractivity contribution in [3.63, 3.8) is 0 Å². The van der Waals surface area contributed by atoms with Crippen molar-refractivity contribution in [1.82, 2.24) is 5.32 Å². The fourth-order valence-corrected chi connectivity index (χ4v) is 3.23. The number of ether oxygens (including phenoxy) is 1. The topological polar surface area (TPSA) is 51.5 Å². The zero-order chi connectivity index (χ0) is 14.2. The number of rotatable bonds is 2. The normalized spacial score (nSPS) is 23.0. The predicted octanol–water partition coefficient (Wildman–Crippen LogP) is 2.78. The Hall–Kier alpha value is -2.23. The second-order valence-corrected chi connectivity index (χ2v) is 5.67. The summed E-state index contributed by atoms with van der Waals surface area (Å²) in [6, 6.07) is 9.84. The van der Waals surface area contributed by atoms with Crippen LogP contribution in [0.25, 0.3) is 0 Å². The Morgan fingerprint density at radius 3 is 3.05 bits per heavy atom. The lowest BCUT2D eigenvalue weighted by molar-refractivity contribution is -0.128. The van der Waals surface area contributed by atoms with Crippen molar-refractivity contribution < 1.29 is 13.9 Å². The Morgan fingerprint density at radius 1 is 1.24 bits per heavy atom. The lowest BCUT2D eigenvalue weighted by Gasteiger charge is -2.24. The molecule has 0 fully saturated rings. The second-order valence-electron chi connectivity index (χ2n) is 5.67. The molecule has 1 aromatic carbocycles. The number of fused-ring (bicyclic) bond motifs is 2. The minimum Gasteiger partial charge on any atom is -0.480 e. The molecule has 0 radical (unpaired) electrons. The van der Waals surface area contributed by atoms with E-state index in [0.29, 0.717) is 6.42 Å². The van der Waals surface area contributed by atoms with Crippen LogP contribution in [-0.2, 0) is 17.6 Å². The molecular weight excluding hydrogens is 266 g/mol. The van der Waals surface area contributed by atoms with Crippen LogP contribution in [0.1, 0.15) is 35.8 Å². The molecule has 2 heterocycles. The summed E-state index contributed by atoms with van der Waals surface area (Å²) < 4.78 is 11.2. The first-order valence-corrected chi connectivity index (χ1v) is 7.42. The zero-order valence-electron chi connectivity index (χ0n) is 11.7. The Bertz CT molecular complexity index is 651. The maximum Gasteiger partial charge on any atom is 0.261 e. The first kappa shape index (κ1) is 12.5. The number of amides is 1. The summed E-state index contributed by atoms with van der Waals surface area (Å²) in [5.41, 5.74) is 2.22. The molecule has 0 spiro atoms. The first-order chi connectivity index (χ1) is 10.3. The van der Waals surface area contributed by atoms with Crippen LogP contribution in [0.15, 0.2) is 41.0 Å². The largest absolute Gasteiger partial charge is 0.480 e. The van der Waals surface area contributed by atoms with Gasteiger partial charge in [-0.25, -0.2) is 0 Å². The molecule has 2 atom stereocenters. The molecule has 0 saturated carbocycles. The van der Waals surface area contributed by atoms with Gasteiger partial charge in [-0.3, -0.25) is 4.79 Å². The number of nitrogens with one attached hydrogen (secondary N) is 1. The molecule has 0 bridgehead atoms. The highest BCUT2D eigenvalue weighted by molar-refractivity contribution is 5.83. The number of furan rings is 1. The molecule has 4 heteroatoms. The molecule has 1 aliphatic heterocycles. The van der Waals surface area contributed by atoms with Gasteiger partial charge in [0.25, 0.3) is 5.91 Å². The molecule has 4 nitrogen and oxygen atoms in total. The van der Waals surface area contributed by atoms with Crippen molar-refractivity contribution >= 4 is 5.91 Å². The molecule has 1 N–H and O–H groups in total. The molecule has 2 aliphatic rings. The van der Waals surface area contributed by atoms with E-state index in [9.17, 15) is 4.79 Å². The van der Waals surface area contributed by atoms with E-state index in [2.05, 4.69) is 5.32 Å². The second kappa shape index (κ2) is 4.95. The highest BCUT2D eigenvalue weighted by Gasteiger charge is 2.32. The van der Waals surface area contributed by atoms with E-state index < -0.39 is 6.10 Å². The average molecular weight is 283 g/mol. The quantitative estimate of drug-likeness (QED) is 0.922. The van der Waals surface area contributed by atoms with Crippen LogP contribution < -0.4 is 10.1 Å². The van der Waals surface area contributed by atoms with Crippen LogP contribution in [0.5, 0.6) is 5.75 Å². The summed E-state index contributed by atoms with van der Waals surface area (Å²) >= 11 is 0. The summed E-state index contributed by atoms with van der Waals surface area (Å²) in [5, 5.41) is 3.11. The molecule has 1 amide bonds. The van der Waals surface area contributed by atoms with E-state index in [1.165, 1.54) is 0 Å². The number of carbonyl (C=O) groups is 1. The first-order valence-electron chi connectivity index (χ1n) is 7.42. The fraction of sp³-hybridized carbons (Fsp3) is 0.353. The number of benzene rings is 1. The van der Waals surface area contributed by atoms with Crippen LogP contribution in [-0.4, -0.2) is 12.0 Å². The van der Waals surface area contributed by atoms with Crippen LogP contribution in [0.2, 0.25) is 0 Å². The van der Waals surface area contributed by atoms with Gasteiger partial charge in [-0.2, -0.15) is 0 Å². The van der Waals surface area contributed by atoms with Crippen LogP contribution in [0.4, 0.5) is 0 Å². The van der Waals surface area contributed by atoms with Gasteiger partial charge in [0.1, 0.15) is 11.5 Å². The van der Waals surface area contributed by atoms with Gasteiger partial charge in [-0.05, 0) is 30.5 Å². The third-order valence-electron chi connectivity index (χ3n) is 4.31. The number of hydrogen-bond acceptors (Lipinski definition) is 3. The van der Waals surface area contributed by atoms with E-state index in [1.54, 1.807) is 6.26 Å². The van der Waals surface area contributed by atoms with Crippen LogP contribution >= 0.6 is 0 Å². The summed E-state index contributed by atoms with van der Waals surface area (Å²) in [7, 11) is 0. The Labute approximate surface area is 123 Å². The summed E-state index contributed by atoms with van der Waals surface area (Å²) in [4.78, 5) is 12.4. The molecule has 0 saturated heterocycles. The number of hydrogen-bond donors (Lipinski definition) is 1. The van der Waals surface area contributed by atoms with Crippen molar-refractivity contribution in [2.24, 2.45) is 0 Å². The van der Waals surface area contributed by atoms with E-state index in [0.717, 1.165) is 41.9 Å². The molecular formula is C17H17NO3. The molecule has 4 rings (SSSR count). The lowest BCUT2D eigenvalue weighted by atomic mass is 9.93. The Balaban J connectivity index is 1.47. The van der Waals surface area contributed by atoms with Gasteiger partial charge in [0.2, 0.25) is 0 Å². The van der Waals surface area contributed by atoms with Gasteiger partial charge in [-0.1, -0.05) is 18.2 Å². The fourth-order valence-electron chi connectivity index (χ4n) is 3.23. The van der Waals surface area contributed by atoms with Gasteiger partial charge < -0.3 is 14.5 Å². The van der Waals surface area contributed by atoms with Crippen LogP contribution in [0, 0.1) is 0 Å². The van der Waals surface area contributed by atoms with Gasteiger partial charge in [-0.15, -0.1) is 0 Å². The van der Waals surface area contributed by atoms with Crippen LogP contribution in [0.3, 0.4) is 0 Å². The van der Waals surface area contributed by atoms with E-state index in [1.807, 2.05) is 30.3 Å². The predicted molar refractivity (Wildman–Crippen MR) is 77.1 cm³/mol. The van der Waals surface area contributed by atoms with Gasteiger partial charge >= 0.3 is 0 Å². The third-order valence-corrected chi connectivity index (χ3v) is 4.31. The SMILES string of the molecule is O=C(N[C@H]1CCCc2occc21)[C@@H]1Cc2ccccc2O1. The maximum atomic E-state index is 12.4. The van der Waals surface area contributed by atoms with Crippen molar-refractivity contribution in [3.8, 4) is 5.75 Å². The van der Waals surface area contributed by atoms with Crippen molar-refractivity contribution in [2.75, 3.05) is 0 Å². The van der Waals surface area contributed by atoms with Gasteiger partial charge in [0, 0.05) is 18.4 Å². The van der Waals surface area contributed by atoms with E-state index >= 15 is 0 Å². The number of carbonyl (C=O) groups excluding carboxylic acids is 1. The third kappa shape index (κ3) is 2.20. The van der Waals surface area contributed by atoms with Gasteiger partial charge in [0.05, 0.1) is 12.3 Å². The highest BCUT2D eigenvalue weighted by Crippen LogP contribution is 2.32. The standard InChI is InChI=1S/C17H17NO3/c19-17(16-10-11-4-1-2-6-14(11)21-16)18-13-5-3-7-15-12(13)8-9-20-15/h1-2,4,6,8-9,13,16H,3,5,7,10H2,(H,18,19)/t13-,16-/m0/s1. The summed E-state index contributed by atoms with van der Waals surface area (Å²) in [5.74, 6) is 1.79. The van der Waals surface area contributed by atoms with E-state index in [4.69, 9.17) is 9.15 Å². The Kier molecular flexibility index (Phi) is 2.95.